The Bertz CT molecular complexity index is 627. The minimum atomic E-state index is -0.270. The molecule has 0 bridgehead atoms. The van der Waals surface area contributed by atoms with Crippen molar-refractivity contribution in [3.05, 3.63) is 36.3 Å². The molecule has 0 amide bonds. The highest BCUT2D eigenvalue weighted by molar-refractivity contribution is 7.90. The molecule has 3 heterocycles. The van der Waals surface area contributed by atoms with Crippen molar-refractivity contribution in [3.63, 3.8) is 0 Å². The molecule has 1 aliphatic rings. The standard InChI is InChI=1S/C12H13N5S/c1-16(2)15-18-7-6-17-9-14-11(12(17)18)10-4-3-5-13-8-10/h3-9H,1-2H3. The Morgan fingerprint density at radius 3 is 3.00 bits per heavy atom. The topological polar surface area (TPSA) is 46.3 Å². The normalized spacial score (nSPS) is 17.6. The van der Waals surface area contributed by atoms with Gasteiger partial charge in [0, 0.05) is 43.7 Å². The summed E-state index contributed by atoms with van der Waals surface area (Å²) in [5, 5.41) is 5.05. The van der Waals surface area contributed by atoms with Crippen molar-refractivity contribution in [2.45, 2.75) is 5.03 Å². The average molecular weight is 259 g/mol. The molecule has 92 valence electrons. The van der Waals surface area contributed by atoms with E-state index in [1.165, 1.54) is 0 Å². The Morgan fingerprint density at radius 2 is 2.28 bits per heavy atom. The van der Waals surface area contributed by atoms with Crippen LogP contribution in [0, 0.1) is 0 Å². The summed E-state index contributed by atoms with van der Waals surface area (Å²) in [6, 6.07) is 3.94. The lowest BCUT2D eigenvalue weighted by Gasteiger charge is -2.06. The fourth-order valence-corrected chi connectivity index (χ4v) is 3.35. The van der Waals surface area contributed by atoms with Crippen LogP contribution in [0.2, 0.25) is 0 Å². The van der Waals surface area contributed by atoms with Crippen molar-refractivity contribution in [1.29, 1.82) is 0 Å². The van der Waals surface area contributed by atoms with Crippen molar-refractivity contribution in [2.75, 3.05) is 14.1 Å². The summed E-state index contributed by atoms with van der Waals surface area (Å²) >= 11 is 0. The van der Waals surface area contributed by atoms with Gasteiger partial charge in [0.15, 0.2) is 0 Å². The van der Waals surface area contributed by atoms with Gasteiger partial charge in [-0.15, -0.1) is 0 Å². The van der Waals surface area contributed by atoms with Crippen LogP contribution in [0.5, 0.6) is 0 Å². The number of fused-ring (bicyclic) bond motifs is 1. The van der Waals surface area contributed by atoms with Crippen LogP contribution in [0.15, 0.2) is 45.8 Å². The minimum Gasteiger partial charge on any atom is -0.299 e. The van der Waals surface area contributed by atoms with E-state index in [0.717, 1.165) is 16.3 Å². The van der Waals surface area contributed by atoms with Crippen molar-refractivity contribution >= 4 is 16.9 Å². The summed E-state index contributed by atoms with van der Waals surface area (Å²) < 4.78 is 6.60. The Kier molecular flexibility index (Phi) is 2.81. The van der Waals surface area contributed by atoms with E-state index in [1.807, 2.05) is 54.5 Å². The van der Waals surface area contributed by atoms with E-state index in [1.54, 1.807) is 6.20 Å². The van der Waals surface area contributed by atoms with Crippen LogP contribution in [0.4, 0.5) is 0 Å². The third-order valence-corrected chi connectivity index (χ3v) is 4.17. The van der Waals surface area contributed by atoms with Crippen LogP contribution >= 0.6 is 0 Å². The van der Waals surface area contributed by atoms with Gasteiger partial charge in [0.05, 0.1) is 0 Å². The van der Waals surface area contributed by atoms with Crippen molar-refractivity contribution < 1.29 is 0 Å². The summed E-state index contributed by atoms with van der Waals surface area (Å²) in [5.41, 5.74) is 1.99. The number of hydrogen-bond acceptors (Lipinski definition) is 3. The fourth-order valence-electron chi connectivity index (χ4n) is 1.79. The van der Waals surface area contributed by atoms with Crippen LogP contribution < -0.4 is 0 Å². The maximum atomic E-state index is 4.57. The van der Waals surface area contributed by atoms with E-state index < -0.39 is 0 Å². The molecule has 0 aromatic carbocycles. The summed E-state index contributed by atoms with van der Waals surface area (Å²) in [6.07, 6.45) is 7.44. The van der Waals surface area contributed by atoms with E-state index in [9.17, 15) is 0 Å². The first-order valence-electron chi connectivity index (χ1n) is 5.53. The van der Waals surface area contributed by atoms with Crippen molar-refractivity contribution in [3.8, 4) is 11.3 Å². The number of hydrogen-bond donors (Lipinski definition) is 0. The third-order valence-electron chi connectivity index (χ3n) is 2.48. The average Bonchev–Trinajstić information content (AvgIpc) is 2.93. The maximum absolute atomic E-state index is 4.57. The SMILES string of the molecule is CN(C)N=S1C=Cn2cnc(-c3cccnc3)c21. The molecule has 2 aromatic rings. The predicted octanol–water partition coefficient (Wildman–Crippen LogP) is 2.02. The van der Waals surface area contributed by atoms with Gasteiger partial charge in [0.2, 0.25) is 0 Å². The first kappa shape index (κ1) is 11.3. The zero-order chi connectivity index (χ0) is 12.5. The second-order valence-electron chi connectivity index (χ2n) is 4.08. The molecule has 1 aliphatic heterocycles. The zero-order valence-corrected chi connectivity index (χ0v) is 11.0. The van der Waals surface area contributed by atoms with E-state index >= 15 is 0 Å². The van der Waals surface area contributed by atoms with Crippen LogP contribution in [-0.4, -0.2) is 33.6 Å². The maximum Gasteiger partial charge on any atom is 0.123 e. The van der Waals surface area contributed by atoms with E-state index in [2.05, 4.69) is 19.8 Å². The molecule has 0 fully saturated rings. The van der Waals surface area contributed by atoms with E-state index in [-0.39, 0.29) is 10.7 Å². The molecule has 0 N–H and O–H groups in total. The van der Waals surface area contributed by atoms with Gasteiger partial charge in [-0.25, -0.2) is 9.99 Å². The molecule has 0 aliphatic carbocycles. The molecule has 18 heavy (non-hydrogen) atoms. The van der Waals surface area contributed by atoms with Crippen LogP contribution in [0.25, 0.3) is 17.5 Å². The smallest absolute Gasteiger partial charge is 0.123 e. The van der Waals surface area contributed by atoms with Gasteiger partial charge in [-0.2, -0.15) is 4.47 Å². The Labute approximate surface area is 108 Å². The van der Waals surface area contributed by atoms with Gasteiger partial charge in [-0.05, 0) is 22.8 Å². The quantitative estimate of drug-likeness (QED) is 0.775. The lowest BCUT2D eigenvalue weighted by Crippen LogP contribution is -2.04. The van der Waals surface area contributed by atoms with Crippen molar-refractivity contribution in [2.24, 2.45) is 4.47 Å². The molecule has 6 heteroatoms. The second-order valence-corrected chi connectivity index (χ2v) is 5.53. The van der Waals surface area contributed by atoms with Gasteiger partial charge >= 0.3 is 0 Å². The highest BCUT2D eigenvalue weighted by Crippen LogP contribution is 2.29. The van der Waals surface area contributed by atoms with Gasteiger partial charge in [0.1, 0.15) is 17.0 Å². The van der Waals surface area contributed by atoms with E-state index in [0.29, 0.717) is 0 Å². The van der Waals surface area contributed by atoms with Gasteiger partial charge in [-0.1, -0.05) is 0 Å². The molecule has 0 radical (unpaired) electrons. The van der Waals surface area contributed by atoms with Crippen LogP contribution in [0.3, 0.4) is 0 Å². The molecule has 1 unspecified atom stereocenters. The number of pyridine rings is 1. The number of aromatic nitrogens is 3. The summed E-state index contributed by atoms with van der Waals surface area (Å²) in [7, 11) is 3.60. The van der Waals surface area contributed by atoms with Gasteiger partial charge in [-0.3, -0.25) is 9.55 Å². The monoisotopic (exact) mass is 259 g/mol. The molecule has 1 atom stereocenters. The summed E-state index contributed by atoms with van der Waals surface area (Å²) in [6.45, 7) is 0. The second kappa shape index (κ2) is 4.47. The molecule has 3 rings (SSSR count). The molecule has 2 aromatic heterocycles. The number of imidazole rings is 1. The van der Waals surface area contributed by atoms with Crippen molar-refractivity contribution in [1.82, 2.24) is 19.5 Å². The lowest BCUT2D eigenvalue weighted by atomic mass is 10.2. The Balaban J connectivity index is 2.12. The van der Waals surface area contributed by atoms with E-state index in [4.69, 9.17) is 0 Å². The highest BCUT2D eigenvalue weighted by atomic mass is 32.2. The van der Waals surface area contributed by atoms with Gasteiger partial charge < -0.3 is 0 Å². The fraction of sp³-hybridized carbons (Fsp3) is 0.167. The number of rotatable bonds is 2. The third kappa shape index (κ3) is 1.89. The molecule has 0 saturated heterocycles. The summed E-state index contributed by atoms with van der Waals surface area (Å²) in [4.78, 5) is 8.61. The first-order chi connectivity index (χ1) is 8.75. The molecule has 0 spiro atoms. The molecular formula is C12H13N5S. The predicted molar refractivity (Wildman–Crippen MR) is 72.5 cm³/mol. The van der Waals surface area contributed by atoms with Gasteiger partial charge in [0.25, 0.3) is 0 Å². The number of nitrogens with zero attached hydrogens (tertiary/aromatic N) is 5. The van der Waals surface area contributed by atoms with Crippen LogP contribution in [0.1, 0.15) is 0 Å². The lowest BCUT2D eigenvalue weighted by molar-refractivity contribution is 0.446. The minimum absolute atomic E-state index is 0.270. The Hall–Kier alpha value is -1.79. The molecular weight excluding hydrogens is 246 g/mol. The first-order valence-corrected chi connectivity index (χ1v) is 6.78. The highest BCUT2D eigenvalue weighted by Gasteiger charge is 2.19. The molecule has 0 saturated carbocycles. The molecule has 5 nitrogen and oxygen atoms in total. The largest absolute Gasteiger partial charge is 0.299 e. The zero-order valence-electron chi connectivity index (χ0n) is 10.2. The van der Waals surface area contributed by atoms with Crippen LogP contribution in [-0.2, 0) is 10.7 Å². The summed E-state index contributed by atoms with van der Waals surface area (Å²) in [5.74, 6) is 0. The Morgan fingerprint density at radius 1 is 1.39 bits per heavy atom.